The number of nitrogens with zero attached hydrogens (tertiary/aromatic N) is 1. The number of para-hydroxylation sites is 1. The molecule has 3 heteroatoms. The number of hydrogen-bond acceptors (Lipinski definition) is 2. The van der Waals surface area contributed by atoms with Crippen molar-refractivity contribution in [2.45, 2.75) is 45.4 Å². The van der Waals surface area contributed by atoms with Gasteiger partial charge in [0.1, 0.15) is 0 Å². The highest BCUT2D eigenvalue weighted by molar-refractivity contribution is 5.83. The predicted octanol–water partition coefficient (Wildman–Crippen LogP) is 3.32. The van der Waals surface area contributed by atoms with Crippen molar-refractivity contribution in [3.8, 4) is 0 Å². The lowest BCUT2D eigenvalue weighted by Crippen LogP contribution is -2.25. The van der Waals surface area contributed by atoms with E-state index in [0.717, 1.165) is 26.2 Å². The third kappa shape index (κ3) is 2.89. The molecule has 1 aromatic heterocycles. The molecule has 0 aliphatic carbocycles. The molecule has 0 unspecified atom stereocenters. The van der Waals surface area contributed by atoms with Crippen molar-refractivity contribution in [2.24, 2.45) is 0 Å². The molecule has 1 aliphatic heterocycles. The Balaban J connectivity index is 1.70. The highest BCUT2D eigenvalue weighted by atomic mass is 16.5. The molecule has 3 nitrogen and oxygen atoms in total. The van der Waals surface area contributed by atoms with Crippen molar-refractivity contribution >= 4 is 10.9 Å². The zero-order valence-electron chi connectivity index (χ0n) is 12.3. The zero-order valence-corrected chi connectivity index (χ0v) is 12.3. The van der Waals surface area contributed by atoms with Gasteiger partial charge in [-0.25, -0.2) is 0 Å². The Morgan fingerprint density at radius 3 is 3.05 bits per heavy atom. The van der Waals surface area contributed by atoms with Crippen LogP contribution in [0.25, 0.3) is 10.9 Å². The van der Waals surface area contributed by atoms with Gasteiger partial charge in [0.25, 0.3) is 0 Å². The number of rotatable bonds is 6. The minimum absolute atomic E-state index is 0.416. The van der Waals surface area contributed by atoms with Gasteiger partial charge in [-0.3, -0.25) is 0 Å². The molecular formula is C17H24N2O. The fraction of sp³-hybridized carbons (Fsp3) is 0.529. The molecule has 0 radical (unpaired) electrons. The SMILES string of the molecule is CCCn1cc(CNC[C@H]2CCCO2)c2ccccc21. The van der Waals surface area contributed by atoms with E-state index >= 15 is 0 Å². The molecule has 2 aromatic rings. The van der Waals surface area contributed by atoms with Gasteiger partial charge in [-0.1, -0.05) is 25.1 Å². The van der Waals surface area contributed by atoms with Gasteiger partial charge in [-0.15, -0.1) is 0 Å². The fourth-order valence-corrected chi connectivity index (χ4v) is 3.06. The molecule has 1 atom stereocenters. The summed E-state index contributed by atoms with van der Waals surface area (Å²) in [5.41, 5.74) is 2.75. The summed E-state index contributed by atoms with van der Waals surface area (Å²) < 4.78 is 8.03. The second kappa shape index (κ2) is 6.42. The van der Waals surface area contributed by atoms with Crippen LogP contribution in [0.4, 0.5) is 0 Å². The van der Waals surface area contributed by atoms with E-state index in [-0.39, 0.29) is 0 Å². The normalized spacial score (nSPS) is 18.9. The van der Waals surface area contributed by atoms with E-state index < -0.39 is 0 Å². The molecule has 1 aliphatic rings. The van der Waals surface area contributed by atoms with Crippen molar-refractivity contribution < 1.29 is 4.74 Å². The third-order valence-corrected chi connectivity index (χ3v) is 4.05. The van der Waals surface area contributed by atoms with Crippen LogP contribution < -0.4 is 5.32 Å². The third-order valence-electron chi connectivity index (χ3n) is 4.05. The lowest BCUT2D eigenvalue weighted by Gasteiger charge is -2.10. The Bertz CT molecular complexity index is 555. The summed E-state index contributed by atoms with van der Waals surface area (Å²) in [6.07, 6.45) is 6.30. The lowest BCUT2D eigenvalue weighted by molar-refractivity contribution is 0.110. The van der Waals surface area contributed by atoms with Gasteiger partial charge >= 0.3 is 0 Å². The van der Waals surface area contributed by atoms with Gasteiger partial charge in [0.05, 0.1) is 6.10 Å². The van der Waals surface area contributed by atoms with Crippen LogP contribution >= 0.6 is 0 Å². The molecule has 20 heavy (non-hydrogen) atoms. The fourth-order valence-electron chi connectivity index (χ4n) is 3.06. The number of nitrogens with one attached hydrogen (secondary N) is 1. The van der Waals surface area contributed by atoms with Crippen LogP contribution in [0.5, 0.6) is 0 Å². The monoisotopic (exact) mass is 272 g/mol. The standard InChI is InChI=1S/C17H24N2O/c1-2-9-19-13-14(16-7-3-4-8-17(16)19)11-18-12-15-6-5-10-20-15/h3-4,7-8,13,15,18H,2,5-6,9-12H2,1H3/t15-/m1/s1. The number of aromatic nitrogens is 1. The number of aryl methyl sites for hydroxylation is 1. The number of fused-ring (bicyclic) bond motifs is 1. The van der Waals surface area contributed by atoms with Crippen molar-refractivity contribution in [3.05, 3.63) is 36.0 Å². The Labute approximate surface area is 120 Å². The van der Waals surface area contributed by atoms with E-state index in [0.29, 0.717) is 6.10 Å². The van der Waals surface area contributed by atoms with Gasteiger partial charge < -0.3 is 14.6 Å². The first-order valence-corrected chi connectivity index (χ1v) is 7.77. The van der Waals surface area contributed by atoms with E-state index in [1.165, 1.54) is 35.7 Å². The Kier molecular flexibility index (Phi) is 4.38. The summed E-state index contributed by atoms with van der Waals surface area (Å²) in [5.74, 6) is 0. The van der Waals surface area contributed by atoms with Gasteiger partial charge in [0, 0.05) is 43.3 Å². The maximum atomic E-state index is 5.65. The summed E-state index contributed by atoms with van der Waals surface area (Å²) in [6, 6.07) is 8.69. The molecule has 108 valence electrons. The Hall–Kier alpha value is -1.32. The second-order valence-electron chi connectivity index (χ2n) is 5.63. The summed E-state index contributed by atoms with van der Waals surface area (Å²) in [5, 5.41) is 4.93. The summed E-state index contributed by atoms with van der Waals surface area (Å²) >= 11 is 0. The molecule has 0 spiro atoms. The maximum Gasteiger partial charge on any atom is 0.0700 e. The second-order valence-corrected chi connectivity index (χ2v) is 5.63. The van der Waals surface area contributed by atoms with Crippen LogP contribution in [-0.4, -0.2) is 23.8 Å². The molecule has 0 saturated carbocycles. The van der Waals surface area contributed by atoms with Crippen molar-refractivity contribution in [1.29, 1.82) is 0 Å². The highest BCUT2D eigenvalue weighted by Gasteiger charge is 2.15. The van der Waals surface area contributed by atoms with Crippen molar-refractivity contribution in [1.82, 2.24) is 9.88 Å². The Morgan fingerprint density at radius 2 is 2.25 bits per heavy atom. The quantitative estimate of drug-likeness (QED) is 0.873. The molecule has 0 bridgehead atoms. The van der Waals surface area contributed by atoms with Crippen molar-refractivity contribution in [3.63, 3.8) is 0 Å². The summed E-state index contributed by atoms with van der Waals surface area (Å²) in [7, 11) is 0. The van der Waals surface area contributed by atoms with Gasteiger partial charge in [-0.05, 0) is 30.9 Å². The molecule has 2 heterocycles. The summed E-state index contributed by atoms with van der Waals surface area (Å²) in [4.78, 5) is 0. The average molecular weight is 272 g/mol. The van der Waals surface area contributed by atoms with Gasteiger partial charge in [-0.2, -0.15) is 0 Å². The molecule has 1 N–H and O–H groups in total. The number of hydrogen-bond donors (Lipinski definition) is 1. The molecule has 1 saturated heterocycles. The molecule has 3 rings (SSSR count). The van der Waals surface area contributed by atoms with Crippen LogP contribution in [-0.2, 0) is 17.8 Å². The molecular weight excluding hydrogens is 248 g/mol. The number of ether oxygens (including phenoxy) is 1. The first-order chi connectivity index (χ1) is 9.88. The van der Waals surface area contributed by atoms with E-state index in [9.17, 15) is 0 Å². The smallest absolute Gasteiger partial charge is 0.0700 e. The van der Waals surface area contributed by atoms with Crippen LogP contribution in [0, 0.1) is 0 Å². The molecule has 0 amide bonds. The zero-order chi connectivity index (χ0) is 13.8. The average Bonchev–Trinajstić information content (AvgIpc) is 3.09. The van der Waals surface area contributed by atoms with E-state index in [1.807, 2.05) is 0 Å². The number of benzene rings is 1. The Morgan fingerprint density at radius 1 is 1.35 bits per heavy atom. The molecule has 1 fully saturated rings. The highest BCUT2D eigenvalue weighted by Crippen LogP contribution is 2.21. The first-order valence-electron chi connectivity index (χ1n) is 7.77. The topological polar surface area (TPSA) is 26.2 Å². The van der Waals surface area contributed by atoms with E-state index in [1.54, 1.807) is 0 Å². The minimum Gasteiger partial charge on any atom is -0.377 e. The summed E-state index contributed by atoms with van der Waals surface area (Å²) in [6.45, 7) is 6.14. The van der Waals surface area contributed by atoms with E-state index in [2.05, 4.69) is 47.3 Å². The van der Waals surface area contributed by atoms with Gasteiger partial charge in [0.15, 0.2) is 0 Å². The molecule has 1 aromatic carbocycles. The lowest BCUT2D eigenvalue weighted by atomic mass is 10.1. The maximum absolute atomic E-state index is 5.65. The minimum atomic E-state index is 0.416. The first kappa shape index (κ1) is 13.7. The van der Waals surface area contributed by atoms with Crippen LogP contribution in [0.1, 0.15) is 31.7 Å². The predicted molar refractivity (Wildman–Crippen MR) is 82.9 cm³/mol. The van der Waals surface area contributed by atoms with Crippen LogP contribution in [0.2, 0.25) is 0 Å². The van der Waals surface area contributed by atoms with Gasteiger partial charge in [0.2, 0.25) is 0 Å². The largest absolute Gasteiger partial charge is 0.377 e. The van der Waals surface area contributed by atoms with Crippen LogP contribution in [0.15, 0.2) is 30.5 Å². The van der Waals surface area contributed by atoms with Crippen molar-refractivity contribution in [2.75, 3.05) is 13.2 Å². The van der Waals surface area contributed by atoms with E-state index in [4.69, 9.17) is 4.74 Å². The van der Waals surface area contributed by atoms with Crippen LogP contribution in [0.3, 0.4) is 0 Å².